The Hall–Kier alpha value is -6.69. The van der Waals surface area contributed by atoms with E-state index in [0.29, 0.717) is 35.9 Å². The molecule has 69 heavy (non-hydrogen) atoms. The second-order valence-corrected chi connectivity index (χ2v) is 20.9. The lowest BCUT2D eigenvalue weighted by Crippen LogP contribution is -2.58. The zero-order chi connectivity index (χ0) is 48.6. The zero-order valence-corrected chi connectivity index (χ0v) is 40.6. The molecule has 3 aromatic heterocycles. The first kappa shape index (κ1) is 47.4. The fourth-order valence-corrected chi connectivity index (χ4v) is 11.4. The summed E-state index contributed by atoms with van der Waals surface area (Å²) in [6.45, 7) is 10.7. The molecule has 3 aliphatic heterocycles. The van der Waals surface area contributed by atoms with Crippen LogP contribution in [0.4, 0.5) is 17.5 Å². The number of aromatic hydroxyl groups is 1. The number of phenolic OH excluding ortho intramolecular Hbond substituents is 1. The Bertz CT molecular complexity index is 2670. The van der Waals surface area contributed by atoms with E-state index in [1.165, 1.54) is 11.8 Å². The highest BCUT2D eigenvalue weighted by Crippen LogP contribution is 2.40. The molecule has 0 radical (unpaired) electrons. The maximum Gasteiger partial charge on any atom is 0.302 e. The third-order valence-corrected chi connectivity index (χ3v) is 15.2. The molecule has 5 aromatic rings. The van der Waals surface area contributed by atoms with Crippen molar-refractivity contribution in [3.05, 3.63) is 89.3 Å². The van der Waals surface area contributed by atoms with Gasteiger partial charge < -0.3 is 40.9 Å². The summed E-state index contributed by atoms with van der Waals surface area (Å²) in [6, 6.07) is 15.5. The van der Waals surface area contributed by atoms with Crippen LogP contribution in [0.15, 0.2) is 72.5 Å². The predicted molar refractivity (Wildman–Crippen MR) is 263 cm³/mol. The summed E-state index contributed by atoms with van der Waals surface area (Å²) in [5, 5.41) is 25.1. The van der Waals surface area contributed by atoms with Crippen LogP contribution in [0.5, 0.6) is 5.75 Å². The normalized spacial score (nSPS) is 22.8. The summed E-state index contributed by atoms with van der Waals surface area (Å²) >= 11 is 1.58. The van der Waals surface area contributed by atoms with Crippen molar-refractivity contribution in [1.29, 1.82) is 0 Å². The lowest BCUT2D eigenvalue weighted by atomic mass is 9.78. The predicted octanol–water partition coefficient (Wildman–Crippen LogP) is 6.16. The van der Waals surface area contributed by atoms with Crippen molar-refractivity contribution < 1.29 is 29.0 Å². The number of hydrogen-bond donors (Lipinski definition) is 4. The van der Waals surface area contributed by atoms with Crippen LogP contribution in [0, 0.1) is 18.3 Å². The molecular weight excluding hydrogens is 895 g/mol. The van der Waals surface area contributed by atoms with E-state index >= 15 is 0 Å². The number of nitrogens with one attached hydrogen (secondary N) is 2. The molecule has 1 saturated carbocycles. The molecule has 9 rings (SSSR count). The number of likely N-dealkylation sites (tertiary alicyclic amines) is 1. The van der Waals surface area contributed by atoms with Crippen LogP contribution in [0.25, 0.3) is 21.7 Å². The lowest BCUT2D eigenvalue weighted by Gasteiger charge is -2.42. The first-order valence-electron chi connectivity index (χ1n) is 23.9. The number of ether oxygens (including phenoxy) is 1. The number of fused-ring (bicyclic) bond motifs is 2. The number of amides is 3. The van der Waals surface area contributed by atoms with Crippen LogP contribution >= 0.6 is 11.3 Å². The molecule has 3 saturated heterocycles. The quantitative estimate of drug-likeness (QED) is 0.103. The fourth-order valence-electron chi connectivity index (χ4n) is 10.6. The number of nitrogens with two attached hydrogens (primary N) is 1. The van der Waals surface area contributed by atoms with Crippen molar-refractivity contribution in [3.8, 4) is 27.4 Å². The third kappa shape index (κ3) is 10.2. The van der Waals surface area contributed by atoms with Crippen molar-refractivity contribution in [2.24, 2.45) is 11.3 Å². The molecule has 4 aliphatic rings. The number of aromatic nitrogens is 5. The highest BCUT2D eigenvalue weighted by Gasteiger charge is 2.47. The van der Waals surface area contributed by atoms with Gasteiger partial charge in [-0.05, 0) is 91.7 Å². The number of carbonyl (C=O) groups excluding carboxylic acids is 4. The Morgan fingerprint density at radius 2 is 1.59 bits per heavy atom. The molecule has 2 unspecified atom stereocenters. The number of phenols is 1. The molecule has 6 heterocycles. The summed E-state index contributed by atoms with van der Waals surface area (Å²) in [5.41, 5.74) is 13.4. The standard InChI is InChI=1S/C51H61N11O6S/c1-29-44(69-28-56-29)33-12-10-31(11-13-33)22-53-48(66)42-20-38(68-30(2)63)27-61(42)49(67)45(51(3,4)5)57-47(65)34-16-14-32(15-17-34)35-23-54-50(55-24-35)62-36-18-19-37(62)26-60(25-36)41-21-40(58-59-46(41)52)39-8-6-7-9-43(39)64/h6-13,21,23-24,28,32,34,36-38,42,45,64H,14-20,22,25-27H2,1-5H3,(H2,52,59)(H,53,66)(H,57,65)/t32-,34-,36?,37?,38-,42+,45-/m1/s1. The number of carbonyl (C=O) groups is 4. The molecule has 18 heteroatoms. The van der Waals surface area contributed by atoms with Crippen molar-refractivity contribution in [2.75, 3.05) is 35.2 Å². The average molecular weight is 956 g/mol. The van der Waals surface area contributed by atoms with Crippen LogP contribution in [-0.4, -0.2) is 109 Å². The van der Waals surface area contributed by atoms with Crippen molar-refractivity contribution >= 4 is 52.5 Å². The fraction of sp³-hybridized carbons (Fsp3) is 0.471. The summed E-state index contributed by atoms with van der Waals surface area (Å²) in [4.78, 5) is 75.8. The molecule has 0 spiro atoms. The zero-order valence-electron chi connectivity index (χ0n) is 39.8. The number of nitrogen functional groups attached to an aromatic ring is 1. The second-order valence-electron chi connectivity index (χ2n) is 20.0. The largest absolute Gasteiger partial charge is 0.507 e. The average Bonchev–Trinajstić information content (AvgIpc) is 4.04. The second kappa shape index (κ2) is 19.7. The molecule has 3 amide bonds. The molecule has 17 nitrogen and oxygen atoms in total. The van der Waals surface area contributed by atoms with E-state index in [4.69, 9.17) is 20.4 Å². The Morgan fingerprint density at radius 1 is 0.899 bits per heavy atom. The number of thiazole rings is 1. The van der Waals surface area contributed by atoms with E-state index in [-0.39, 0.29) is 66.9 Å². The number of para-hydroxylation sites is 1. The van der Waals surface area contributed by atoms with Gasteiger partial charge in [-0.1, -0.05) is 57.2 Å². The van der Waals surface area contributed by atoms with Crippen LogP contribution < -0.4 is 26.2 Å². The van der Waals surface area contributed by atoms with Gasteiger partial charge in [-0.15, -0.1) is 21.5 Å². The molecule has 2 bridgehead atoms. The van der Waals surface area contributed by atoms with Gasteiger partial charge in [-0.25, -0.2) is 15.0 Å². The molecule has 362 valence electrons. The summed E-state index contributed by atoms with van der Waals surface area (Å²) in [6.07, 6.45) is 8.19. The molecule has 4 fully saturated rings. The first-order chi connectivity index (χ1) is 33.1. The van der Waals surface area contributed by atoms with Gasteiger partial charge in [0.1, 0.15) is 23.9 Å². The van der Waals surface area contributed by atoms with Crippen LogP contribution in [0.3, 0.4) is 0 Å². The molecule has 5 atom stereocenters. The van der Waals surface area contributed by atoms with Crippen molar-refractivity contribution in [3.63, 3.8) is 0 Å². The molecule has 5 N–H and O–H groups in total. The van der Waals surface area contributed by atoms with Gasteiger partial charge in [-0.2, -0.15) is 0 Å². The van der Waals surface area contributed by atoms with Crippen LogP contribution in [-0.2, 0) is 30.5 Å². The first-order valence-corrected chi connectivity index (χ1v) is 24.8. The minimum absolute atomic E-state index is 0.0481. The smallest absolute Gasteiger partial charge is 0.302 e. The molecule has 1 aliphatic carbocycles. The van der Waals surface area contributed by atoms with Gasteiger partial charge in [-0.3, -0.25) is 19.2 Å². The Kier molecular flexibility index (Phi) is 13.5. The SMILES string of the molecule is CC(=O)O[C@@H]1C[C@@H](C(=O)NCc2ccc(-c3scnc3C)cc2)N(C(=O)[C@@H](NC(=O)[C@H]2CC[C@H](c3cnc(N4C5CCC4CN(c4cc(-c6ccccc6O)nnc4N)C5)nc3)CC2)C(C)(C)C)C1. The maximum absolute atomic E-state index is 14.5. The number of aryl methyl sites for hydroxylation is 1. The Balaban J connectivity index is 0.798. The Labute approximate surface area is 406 Å². The maximum atomic E-state index is 14.5. The highest BCUT2D eigenvalue weighted by molar-refractivity contribution is 7.13. The van der Waals surface area contributed by atoms with E-state index in [1.807, 2.05) is 88.1 Å². The Morgan fingerprint density at radius 3 is 2.23 bits per heavy atom. The molecular formula is C51H61N11O6S. The number of rotatable bonds is 12. The van der Waals surface area contributed by atoms with Crippen LogP contribution in [0.1, 0.15) is 95.4 Å². The number of esters is 1. The number of piperazine rings is 1. The van der Waals surface area contributed by atoms with E-state index in [2.05, 4.69) is 35.6 Å². The van der Waals surface area contributed by atoms with Crippen LogP contribution in [0.2, 0.25) is 0 Å². The van der Waals surface area contributed by atoms with Gasteiger partial charge in [0, 0.05) is 68.9 Å². The lowest BCUT2D eigenvalue weighted by molar-refractivity contribution is -0.147. The van der Waals surface area contributed by atoms with Crippen molar-refractivity contribution in [1.82, 2.24) is 40.7 Å². The number of nitrogens with zero attached hydrogens (tertiary/aromatic N) is 8. The van der Waals surface area contributed by atoms with E-state index in [1.54, 1.807) is 23.5 Å². The van der Waals surface area contributed by atoms with E-state index in [9.17, 15) is 24.3 Å². The van der Waals surface area contributed by atoms with Crippen molar-refractivity contribution in [2.45, 2.75) is 122 Å². The minimum Gasteiger partial charge on any atom is -0.507 e. The van der Waals surface area contributed by atoms with Gasteiger partial charge in [0.25, 0.3) is 0 Å². The number of benzene rings is 2. The van der Waals surface area contributed by atoms with Gasteiger partial charge >= 0.3 is 5.97 Å². The van der Waals surface area contributed by atoms with Gasteiger partial charge in [0.15, 0.2) is 5.82 Å². The number of hydrogen-bond acceptors (Lipinski definition) is 15. The highest BCUT2D eigenvalue weighted by atomic mass is 32.1. The monoisotopic (exact) mass is 955 g/mol. The number of anilines is 3. The minimum atomic E-state index is -0.921. The third-order valence-electron chi connectivity index (χ3n) is 14.3. The van der Waals surface area contributed by atoms with Gasteiger partial charge in [0.2, 0.25) is 23.7 Å². The molecule has 2 aromatic carbocycles. The van der Waals surface area contributed by atoms with E-state index in [0.717, 1.165) is 71.7 Å². The topological polar surface area (TPSA) is 222 Å². The van der Waals surface area contributed by atoms with E-state index < -0.39 is 29.6 Å². The summed E-state index contributed by atoms with van der Waals surface area (Å²) < 4.78 is 5.54. The summed E-state index contributed by atoms with van der Waals surface area (Å²) in [5.74, 6) is -0.311. The van der Waals surface area contributed by atoms with Gasteiger partial charge in [0.05, 0.1) is 34.0 Å². The summed E-state index contributed by atoms with van der Waals surface area (Å²) in [7, 11) is 0.